The molecular weight excluding hydrogens is 332 g/mol. The van der Waals surface area contributed by atoms with Crippen LogP contribution in [-0.4, -0.2) is 55.6 Å². The van der Waals surface area contributed by atoms with Gasteiger partial charge in [0.15, 0.2) is 18.1 Å². The summed E-state index contributed by atoms with van der Waals surface area (Å²) >= 11 is 0. The number of hydrogen-bond donors (Lipinski definition) is 0. The molecule has 0 aliphatic carbocycles. The highest BCUT2D eigenvalue weighted by Gasteiger charge is 2.28. The number of amides is 1. The molecule has 0 aromatic heterocycles. The average molecular weight is 352 g/mol. The van der Waals surface area contributed by atoms with Crippen LogP contribution in [0.5, 0.6) is 11.5 Å². The number of hydrogen-bond acceptors (Lipinski definition) is 7. The van der Waals surface area contributed by atoms with Crippen LogP contribution < -0.4 is 9.47 Å². The number of carbonyl (C=O) groups is 2. The zero-order valence-corrected chi connectivity index (χ0v) is 14.1. The number of piperidine rings is 1. The lowest BCUT2D eigenvalue weighted by atomic mass is 9.97. The number of nitro groups is 1. The molecule has 1 heterocycles. The molecule has 1 saturated heterocycles. The molecule has 9 heteroatoms. The van der Waals surface area contributed by atoms with Crippen molar-refractivity contribution in [2.75, 3.05) is 33.9 Å². The number of nitro benzene ring substituents is 1. The molecule has 1 amide bonds. The number of ether oxygens (including phenoxy) is 3. The van der Waals surface area contributed by atoms with Crippen LogP contribution in [0.3, 0.4) is 0 Å². The number of non-ortho nitro benzene ring substituents is 1. The van der Waals surface area contributed by atoms with E-state index in [4.69, 9.17) is 14.2 Å². The van der Waals surface area contributed by atoms with Crippen LogP contribution in [0, 0.1) is 16.0 Å². The summed E-state index contributed by atoms with van der Waals surface area (Å²) in [5.74, 6) is -0.259. The number of benzene rings is 1. The van der Waals surface area contributed by atoms with Crippen molar-refractivity contribution < 1.29 is 28.7 Å². The fraction of sp³-hybridized carbons (Fsp3) is 0.500. The summed E-state index contributed by atoms with van der Waals surface area (Å²) in [5.41, 5.74) is -0.151. The molecule has 1 aromatic carbocycles. The van der Waals surface area contributed by atoms with Gasteiger partial charge < -0.3 is 19.1 Å². The smallest absolute Gasteiger partial charge is 0.308 e. The zero-order chi connectivity index (χ0) is 18.4. The van der Waals surface area contributed by atoms with Gasteiger partial charge in [-0.1, -0.05) is 0 Å². The first kappa shape index (κ1) is 18.5. The van der Waals surface area contributed by atoms with Gasteiger partial charge in [-0.25, -0.2) is 0 Å². The van der Waals surface area contributed by atoms with Crippen molar-refractivity contribution in [2.24, 2.45) is 5.92 Å². The molecule has 136 valence electrons. The van der Waals surface area contributed by atoms with Crippen LogP contribution >= 0.6 is 0 Å². The summed E-state index contributed by atoms with van der Waals surface area (Å²) in [6, 6.07) is 3.93. The molecule has 25 heavy (non-hydrogen) atoms. The van der Waals surface area contributed by atoms with Gasteiger partial charge in [0.25, 0.3) is 11.6 Å². The number of nitrogens with zero attached hydrogens (tertiary/aromatic N) is 2. The Hall–Kier alpha value is -2.84. The molecule has 0 bridgehead atoms. The van der Waals surface area contributed by atoms with Crippen molar-refractivity contribution in [3.05, 3.63) is 28.3 Å². The van der Waals surface area contributed by atoms with Gasteiger partial charge in [-0.2, -0.15) is 0 Å². The molecule has 0 atom stereocenters. The fourth-order valence-electron chi connectivity index (χ4n) is 2.65. The molecule has 2 rings (SSSR count). The van der Waals surface area contributed by atoms with E-state index in [1.807, 2.05) is 0 Å². The van der Waals surface area contributed by atoms with Gasteiger partial charge in [0, 0.05) is 19.2 Å². The maximum absolute atomic E-state index is 12.2. The second kappa shape index (κ2) is 8.32. The SMILES string of the molecule is COC(=O)C1CCN(C(=O)COc2cc([N+](=O)[O-])ccc2OC)CC1. The molecule has 1 aromatic rings. The predicted molar refractivity (Wildman–Crippen MR) is 86.5 cm³/mol. The lowest BCUT2D eigenvalue weighted by Crippen LogP contribution is -2.42. The third-order valence-electron chi connectivity index (χ3n) is 4.09. The van der Waals surface area contributed by atoms with E-state index in [0.717, 1.165) is 0 Å². The summed E-state index contributed by atoms with van der Waals surface area (Å²) in [4.78, 5) is 35.6. The Morgan fingerprint density at radius 2 is 1.92 bits per heavy atom. The van der Waals surface area contributed by atoms with Crippen molar-refractivity contribution >= 4 is 17.6 Å². The first-order chi connectivity index (χ1) is 12.0. The molecule has 1 aliphatic rings. The highest BCUT2D eigenvalue weighted by atomic mass is 16.6. The summed E-state index contributed by atoms with van der Waals surface area (Å²) in [5, 5.41) is 10.8. The van der Waals surface area contributed by atoms with E-state index in [9.17, 15) is 19.7 Å². The van der Waals surface area contributed by atoms with Crippen molar-refractivity contribution in [2.45, 2.75) is 12.8 Å². The molecule has 1 fully saturated rings. The van der Waals surface area contributed by atoms with Crippen molar-refractivity contribution in [1.29, 1.82) is 0 Å². The van der Waals surface area contributed by atoms with Gasteiger partial charge in [-0.3, -0.25) is 19.7 Å². The molecule has 0 spiro atoms. The molecule has 0 radical (unpaired) electrons. The van der Waals surface area contributed by atoms with E-state index in [2.05, 4.69) is 0 Å². The lowest BCUT2D eigenvalue weighted by Gasteiger charge is -2.30. The molecule has 1 aliphatic heterocycles. The van der Waals surface area contributed by atoms with Gasteiger partial charge in [-0.15, -0.1) is 0 Å². The van der Waals surface area contributed by atoms with E-state index < -0.39 is 4.92 Å². The van der Waals surface area contributed by atoms with Gasteiger partial charge in [0.05, 0.1) is 31.1 Å². The molecular formula is C16H20N2O7. The number of carbonyl (C=O) groups excluding carboxylic acids is 2. The quantitative estimate of drug-likeness (QED) is 0.432. The van der Waals surface area contributed by atoms with Crippen LogP contribution in [0.2, 0.25) is 0 Å². The molecule has 9 nitrogen and oxygen atoms in total. The van der Waals surface area contributed by atoms with E-state index in [0.29, 0.717) is 31.7 Å². The predicted octanol–water partition coefficient (Wildman–Crippen LogP) is 1.39. The number of likely N-dealkylation sites (tertiary alicyclic amines) is 1. The Balaban J connectivity index is 1.93. The Bertz CT molecular complexity index is 654. The highest BCUT2D eigenvalue weighted by molar-refractivity contribution is 5.78. The first-order valence-corrected chi connectivity index (χ1v) is 7.77. The summed E-state index contributed by atoms with van der Waals surface area (Å²) < 4.78 is 15.2. The number of rotatable bonds is 6. The Labute approximate surface area is 144 Å². The third-order valence-corrected chi connectivity index (χ3v) is 4.09. The van der Waals surface area contributed by atoms with Crippen LogP contribution in [0.1, 0.15) is 12.8 Å². The maximum Gasteiger partial charge on any atom is 0.308 e. The monoisotopic (exact) mass is 352 g/mol. The van der Waals surface area contributed by atoms with Crippen LogP contribution in [0.25, 0.3) is 0 Å². The fourth-order valence-corrected chi connectivity index (χ4v) is 2.65. The van der Waals surface area contributed by atoms with Crippen LogP contribution in [-0.2, 0) is 14.3 Å². The second-order valence-electron chi connectivity index (χ2n) is 5.56. The summed E-state index contributed by atoms with van der Waals surface area (Å²) in [7, 11) is 2.76. The molecule has 0 unspecified atom stereocenters. The first-order valence-electron chi connectivity index (χ1n) is 7.77. The Morgan fingerprint density at radius 3 is 2.48 bits per heavy atom. The number of esters is 1. The van der Waals surface area contributed by atoms with Gasteiger partial charge >= 0.3 is 5.97 Å². The molecule has 0 N–H and O–H groups in total. The number of methoxy groups -OCH3 is 2. The van der Waals surface area contributed by atoms with Gasteiger partial charge in [0.2, 0.25) is 0 Å². The lowest BCUT2D eigenvalue weighted by molar-refractivity contribution is -0.385. The maximum atomic E-state index is 12.2. The zero-order valence-electron chi connectivity index (χ0n) is 14.1. The summed E-state index contributed by atoms with van der Waals surface area (Å²) in [6.45, 7) is 0.614. The van der Waals surface area contributed by atoms with Gasteiger partial charge in [0.1, 0.15) is 0 Å². The van der Waals surface area contributed by atoms with Crippen molar-refractivity contribution in [3.8, 4) is 11.5 Å². The third kappa shape index (κ3) is 4.59. The van der Waals surface area contributed by atoms with Crippen LogP contribution in [0.15, 0.2) is 18.2 Å². The highest BCUT2D eigenvalue weighted by Crippen LogP contribution is 2.31. The average Bonchev–Trinajstić information content (AvgIpc) is 2.65. The standard InChI is InChI=1S/C16H20N2O7/c1-23-13-4-3-12(18(21)22)9-14(13)25-10-15(19)17-7-5-11(6-8-17)16(20)24-2/h3-4,9,11H,5-8,10H2,1-2H3. The summed E-state index contributed by atoms with van der Waals surface area (Å²) in [6.07, 6.45) is 1.08. The van der Waals surface area contributed by atoms with E-state index in [1.165, 1.54) is 32.4 Å². The van der Waals surface area contributed by atoms with Crippen molar-refractivity contribution in [3.63, 3.8) is 0 Å². The minimum absolute atomic E-state index is 0.134. The normalized spacial score (nSPS) is 14.7. The minimum Gasteiger partial charge on any atom is -0.493 e. The molecule has 0 saturated carbocycles. The largest absolute Gasteiger partial charge is 0.493 e. The van der Waals surface area contributed by atoms with Crippen LogP contribution in [0.4, 0.5) is 5.69 Å². The second-order valence-corrected chi connectivity index (χ2v) is 5.56. The minimum atomic E-state index is -0.550. The Kier molecular flexibility index (Phi) is 6.15. The van der Waals surface area contributed by atoms with Gasteiger partial charge in [-0.05, 0) is 18.9 Å². The van der Waals surface area contributed by atoms with Crippen molar-refractivity contribution in [1.82, 2.24) is 4.90 Å². The Morgan fingerprint density at radius 1 is 1.24 bits per heavy atom. The topological polar surface area (TPSA) is 108 Å². The van der Waals surface area contributed by atoms with E-state index in [-0.39, 0.29) is 35.8 Å². The van der Waals surface area contributed by atoms with E-state index in [1.54, 1.807) is 4.90 Å². The van der Waals surface area contributed by atoms with E-state index >= 15 is 0 Å².